The SMILES string of the molecule is c1ccc2cc(-c3nc(-c4ccc5oc6ccccc6c5c4)nc(N4c5ccc6ccccc6c5-c5cccc6cccc4c56)n3)ccc2c1. The van der Waals surface area contributed by atoms with Crippen molar-refractivity contribution in [2.75, 3.05) is 4.90 Å². The first-order valence-corrected chi connectivity index (χ1v) is 16.8. The molecule has 8 aromatic carbocycles. The van der Waals surface area contributed by atoms with Crippen LogP contribution in [0.2, 0.25) is 0 Å². The van der Waals surface area contributed by atoms with Gasteiger partial charge in [-0.15, -0.1) is 0 Å². The zero-order valence-corrected chi connectivity index (χ0v) is 26.7. The van der Waals surface area contributed by atoms with E-state index in [9.17, 15) is 0 Å². The Kier molecular flexibility index (Phi) is 5.60. The van der Waals surface area contributed by atoms with Gasteiger partial charge in [0.25, 0.3) is 0 Å². The summed E-state index contributed by atoms with van der Waals surface area (Å²) in [4.78, 5) is 18.0. The zero-order chi connectivity index (χ0) is 32.8. The summed E-state index contributed by atoms with van der Waals surface area (Å²) in [5, 5.41) is 9.13. The predicted molar refractivity (Wildman–Crippen MR) is 204 cm³/mol. The number of hydrogen-bond acceptors (Lipinski definition) is 5. The number of rotatable bonds is 3. The van der Waals surface area contributed by atoms with Gasteiger partial charge in [-0.05, 0) is 75.0 Å². The first-order valence-electron chi connectivity index (χ1n) is 16.8. The van der Waals surface area contributed by atoms with Crippen molar-refractivity contribution in [2.45, 2.75) is 0 Å². The third-order valence-corrected chi connectivity index (χ3v) is 10.0. The normalized spacial score (nSPS) is 12.4. The summed E-state index contributed by atoms with van der Waals surface area (Å²) in [6.07, 6.45) is 0. The lowest BCUT2D eigenvalue weighted by molar-refractivity contribution is 0.669. The summed E-state index contributed by atoms with van der Waals surface area (Å²) >= 11 is 0. The molecule has 5 nitrogen and oxygen atoms in total. The highest BCUT2D eigenvalue weighted by Gasteiger charge is 2.30. The fourth-order valence-corrected chi connectivity index (χ4v) is 7.71. The molecular weight excluding hydrogens is 613 g/mol. The van der Waals surface area contributed by atoms with Crippen LogP contribution in [-0.4, -0.2) is 15.0 Å². The van der Waals surface area contributed by atoms with E-state index in [2.05, 4.69) is 132 Å². The molecule has 232 valence electrons. The van der Waals surface area contributed by atoms with Gasteiger partial charge in [-0.25, -0.2) is 4.98 Å². The molecule has 0 amide bonds. The third-order valence-electron chi connectivity index (χ3n) is 10.0. The first kappa shape index (κ1) is 27.1. The van der Waals surface area contributed by atoms with Crippen LogP contribution in [0.3, 0.4) is 0 Å². The molecule has 10 aromatic rings. The highest BCUT2D eigenvalue weighted by Crippen LogP contribution is 2.52. The molecule has 3 heterocycles. The molecule has 0 unspecified atom stereocenters. The average molecular weight is 639 g/mol. The summed E-state index contributed by atoms with van der Waals surface area (Å²) in [7, 11) is 0. The molecule has 5 heteroatoms. The first-order chi connectivity index (χ1) is 24.8. The molecule has 0 bridgehead atoms. The second-order valence-electron chi connectivity index (χ2n) is 12.9. The molecule has 0 radical (unpaired) electrons. The smallest absolute Gasteiger partial charge is 0.238 e. The highest BCUT2D eigenvalue weighted by molar-refractivity contribution is 6.19. The van der Waals surface area contributed by atoms with Gasteiger partial charge < -0.3 is 4.42 Å². The van der Waals surface area contributed by atoms with Crippen molar-refractivity contribution in [1.82, 2.24) is 15.0 Å². The Morgan fingerprint density at radius 2 is 1.08 bits per heavy atom. The van der Waals surface area contributed by atoms with Gasteiger partial charge >= 0.3 is 0 Å². The van der Waals surface area contributed by atoms with Crippen LogP contribution in [0.25, 0.3) is 88.2 Å². The van der Waals surface area contributed by atoms with E-state index in [1.54, 1.807) is 0 Å². The summed E-state index contributed by atoms with van der Waals surface area (Å²) in [5.74, 6) is 1.77. The molecule has 1 aliphatic rings. The minimum atomic E-state index is 0.564. The summed E-state index contributed by atoms with van der Waals surface area (Å²) in [5.41, 5.74) is 7.97. The van der Waals surface area contributed by atoms with Gasteiger partial charge in [0.05, 0.1) is 11.4 Å². The fraction of sp³-hybridized carbons (Fsp3) is 0. The van der Waals surface area contributed by atoms with Crippen LogP contribution in [0, 0.1) is 0 Å². The lowest BCUT2D eigenvalue weighted by Crippen LogP contribution is -2.19. The Hall–Kier alpha value is -6.85. The molecule has 50 heavy (non-hydrogen) atoms. The number of nitrogens with zero attached hydrogens (tertiary/aromatic N) is 4. The quantitative estimate of drug-likeness (QED) is 0.193. The third kappa shape index (κ3) is 3.98. The van der Waals surface area contributed by atoms with Crippen molar-refractivity contribution in [3.8, 4) is 33.9 Å². The molecule has 1 aliphatic heterocycles. The monoisotopic (exact) mass is 638 g/mol. The van der Waals surface area contributed by atoms with Gasteiger partial charge in [0.1, 0.15) is 11.2 Å². The van der Waals surface area contributed by atoms with Crippen molar-refractivity contribution in [2.24, 2.45) is 0 Å². The molecule has 0 saturated carbocycles. The van der Waals surface area contributed by atoms with Gasteiger partial charge in [-0.1, -0.05) is 115 Å². The van der Waals surface area contributed by atoms with Crippen LogP contribution >= 0.6 is 0 Å². The maximum absolute atomic E-state index is 6.17. The molecule has 11 rings (SSSR count). The van der Waals surface area contributed by atoms with E-state index >= 15 is 0 Å². The van der Waals surface area contributed by atoms with Crippen molar-refractivity contribution in [1.29, 1.82) is 0 Å². The van der Waals surface area contributed by atoms with E-state index in [1.165, 1.54) is 38.1 Å². The molecule has 0 saturated heterocycles. The van der Waals surface area contributed by atoms with Gasteiger partial charge in [0, 0.05) is 32.8 Å². The Labute approximate surface area is 286 Å². The lowest BCUT2D eigenvalue weighted by atomic mass is 9.88. The second-order valence-corrected chi connectivity index (χ2v) is 12.9. The Morgan fingerprint density at radius 1 is 0.420 bits per heavy atom. The van der Waals surface area contributed by atoms with Crippen LogP contribution in [0.1, 0.15) is 0 Å². The van der Waals surface area contributed by atoms with Crippen LogP contribution < -0.4 is 4.90 Å². The fourth-order valence-electron chi connectivity index (χ4n) is 7.71. The van der Waals surface area contributed by atoms with Crippen LogP contribution in [0.4, 0.5) is 17.3 Å². The molecule has 0 spiro atoms. The maximum Gasteiger partial charge on any atom is 0.238 e. The van der Waals surface area contributed by atoms with E-state index in [0.717, 1.165) is 49.8 Å². The molecule has 0 fully saturated rings. The minimum Gasteiger partial charge on any atom is -0.456 e. The van der Waals surface area contributed by atoms with E-state index < -0.39 is 0 Å². The molecule has 2 aromatic heterocycles. The van der Waals surface area contributed by atoms with Gasteiger partial charge in [-0.3, -0.25) is 4.90 Å². The minimum absolute atomic E-state index is 0.564. The molecule has 0 N–H and O–H groups in total. The number of anilines is 3. The summed E-state index contributed by atoms with van der Waals surface area (Å²) in [6.45, 7) is 0. The summed E-state index contributed by atoms with van der Waals surface area (Å²) < 4.78 is 6.17. The Morgan fingerprint density at radius 3 is 1.96 bits per heavy atom. The molecule has 0 aliphatic carbocycles. The van der Waals surface area contributed by atoms with E-state index in [-0.39, 0.29) is 0 Å². The van der Waals surface area contributed by atoms with Crippen molar-refractivity contribution >= 4 is 71.6 Å². The van der Waals surface area contributed by atoms with E-state index in [4.69, 9.17) is 19.4 Å². The van der Waals surface area contributed by atoms with Crippen LogP contribution in [-0.2, 0) is 0 Å². The summed E-state index contributed by atoms with van der Waals surface area (Å²) in [6, 6.07) is 55.1. The average Bonchev–Trinajstić information content (AvgIpc) is 3.55. The van der Waals surface area contributed by atoms with Gasteiger partial charge in [0.2, 0.25) is 5.95 Å². The Bertz CT molecular complexity index is 3010. The number of furan rings is 1. The number of hydrogen-bond donors (Lipinski definition) is 0. The number of aromatic nitrogens is 3. The van der Waals surface area contributed by atoms with Crippen LogP contribution in [0.15, 0.2) is 162 Å². The van der Waals surface area contributed by atoms with Crippen molar-refractivity contribution in [3.05, 3.63) is 158 Å². The van der Waals surface area contributed by atoms with E-state index in [1.807, 2.05) is 30.3 Å². The lowest BCUT2D eigenvalue weighted by Gasteiger charge is -2.32. The standard InChI is InChI=1S/C45H26N4O/c1-2-11-30-25-31(20-19-27(30)9-1)43-46-44(32-22-24-40-36(26-32)34-15-5-6-18-39(34)50-40)48-45(47-43)49-37-17-8-13-29-12-7-16-35(41(29)37)42-33-14-4-3-10-28(33)21-23-38(42)49/h1-26H. The zero-order valence-electron chi connectivity index (χ0n) is 26.7. The Balaban J connectivity index is 1.21. The van der Waals surface area contributed by atoms with Crippen molar-refractivity contribution in [3.63, 3.8) is 0 Å². The van der Waals surface area contributed by atoms with Gasteiger partial charge in [-0.2, -0.15) is 9.97 Å². The largest absolute Gasteiger partial charge is 0.456 e. The number of benzene rings is 8. The number of fused-ring (bicyclic) bond motifs is 8. The molecular formula is C45H26N4O. The predicted octanol–water partition coefficient (Wildman–Crippen LogP) is 12.0. The van der Waals surface area contributed by atoms with Gasteiger partial charge in [0.15, 0.2) is 11.6 Å². The van der Waals surface area contributed by atoms with Crippen molar-refractivity contribution < 1.29 is 4.42 Å². The molecule has 0 atom stereocenters. The van der Waals surface area contributed by atoms with Crippen LogP contribution in [0.5, 0.6) is 0 Å². The topological polar surface area (TPSA) is 55.1 Å². The highest BCUT2D eigenvalue weighted by atomic mass is 16.3. The maximum atomic E-state index is 6.17. The second kappa shape index (κ2) is 10.3. The number of para-hydroxylation sites is 1. The van der Waals surface area contributed by atoms with E-state index in [0.29, 0.717) is 17.6 Å².